The van der Waals surface area contributed by atoms with Crippen LogP contribution in [0, 0.1) is 0 Å². The number of nitrogens with one attached hydrogen (secondary N) is 1. The molecule has 2 rings (SSSR count). The maximum absolute atomic E-state index is 5.91. The summed E-state index contributed by atoms with van der Waals surface area (Å²) in [5.74, 6) is 0. The van der Waals surface area contributed by atoms with Crippen molar-refractivity contribution in [1.29, 1.82) is 0 Å². The second kappa shape index (κ2) is 6.15. The van der Waals surface area contributed by atoms with Gasteiger partial charge in [-0.1, -0.05) is 23.7 Å². The van der Waals surface area contributed by atoms with Crippen molar-refractivity contribution >= 4 is 27.5 Å². The van der Waals surface area contributed by atoms with Gasteiger partial charge < -0.3 is 5.32 Å². The van der Waals surface area contributed by atoms with Crippen LogP contribution in [0.4, 0.5) is 0 Å². The molecule has 0 bridgehead atoms. The largest absolute Gasteiger partial charge is 0.307 e. The minimum Gasteiger partial charge on any atom is -0.307 e. The molecule has 0 saturated carbocycles. The first kappa shape index (κ1) is 12.6. The number of hydrogen-bond acceptors (Lipinski definition) is 2. The number of halogens is 2. The zero-order valence-corrected chi connectivity index (χ0v) is 11.5. The Morgan fingerprint density at radius 2 is 2.06 bits per heavy atom. The number of benzene rings is 1. The fourth-order valence-electron chi connectivity index (χ4n) is 1.49. The highest BCUT2D eigenvalue weighted by Gasteiger charge is 1.96. The Morgan fingerprint density at radius 1 is 1.18 bits per heavy atom. The fourth-order valence-corrected chi connectivity index (χ4v) is 1.94. The third-order valence-corrected chi connectivity index (χ3v) is 3.02. The molecule has 0 atom stereocenters. The van der Waals surface area contributed by atoms with Gasteiger partial charge in [0.2, 0.25) is 0 Å². The molecule has 1 aromatic carbocycles. The predicted molar refractivity (Wildman–Crippen MR) is 73.9 cm³/mol. The van der Waals surface area contributed by atoms with Crippen molar-refractivity contribution in [3.8, 4) is 0 Å². The van der Waals surface area contributed by atoms with Gasteiger partial charge in [-0.2, -0.15) is 0 Å². The third kappa shape index (κ3) is 4.11. The van der Waals surface area contributed by atoms with Crippen LogP contribution in [-0.2, 0) is 13.1 Å². The van der Waals surface area contributed by atoms with E-state index >= 15 is 0 Å². The number of aromatic nitrogens is 1. The van der Waals surface area contributed by atoms with Crippen LogP contribution in [0.3, 0.4) is 0 Å². The standard InChI is InChI=1S/C13H12BrClN2/c14-11-4-5-13(17-8-11)9-16-7-10-2-1-3-12(15)6-10/h1-6,8,16H,7,9H2. The van der Waals surface area contributed by atoms with Crippen molar-refractivity contribution < 1.29 is 0 Å². The van der Waals surface area contributed by atoms with Crippen LogP contribution >= 0.6 is 27.5 Å². The van der Waals surface area contributed by atoms with E-state index < -0.39 is 0 Å². The van der Waals surface area contributed by atoms with E-state index in [1.807, 2.05) is 36.4 Å². The van der Waals surface area contributed by atoms with Gasteiger partial charge in [0.25, 0.3) is 0 Å². The molecule has 88 valence electrons. The van der Waals surface area contributed by atoms with Gasteiger partial charge in [0, 0.05) is 28.8 Å². The normalized spacial score (nSPS) is 10.5. The van der Waals surface area contributed by atoms with E-state index in [0.717, 1.165) is 28.3 Å². The summed E-state index contributed by atoms with van der Waals surface area (Å²) in [6, 6.07) is 11.8. The van der Waals surface area contributed by atoms with E-state index in [1.165, 1.54) is 5.56 Å². The topological polar surface area (TPSA) is 24.9 Å². The fraction of sp³-hybridized carbons (Fsp3) is 0.154. The van der Waals surface area contributed by atoms with Gasteiger partial charge in [-0.25, -0.2) is 0 Å². The van der Waals surface area contributed by atoms with Gasteiger partial charge in [0.05, 0.1) is 5.69 Å². The van der Waals surface area contributed by atoms with Crippen molar-refractivity contribution in [2.24, 2.45) is 0 Å². The maximum Gasteiger partial charge on any atom is 0.0542 e. The molecule has 0 radical (unpaired) electrons. The molecule has 0 fully saturated rings. The molecule has 1 N–H and O–H groups in total. The van der Waals surface area contributed by atoms with Crippen LogP contribution in [0.25, 0.3) is 0 Å². The summed E-state index contributed by atoms with van der Waals surface area (Å²) in [6.45, 7) is 1.54. The summed E-state index contributed by atoms with van der Waals surface area (Å²) >= 11 is 9.27. The molecule has 0 aliphatic carbocycles. The minimum atomic E-state index is 0.750. The molecule has 2 aromatic rings. The van der Waals surface area contributed by atoms with Crippen molar-refractivity contribution in [2.45, 2.75) is 13.1 Å². The van der Waals surface area contributed by atoms with E-state index in [1.54, 1.807) is 6.20 Å². The number of pyridine rings is 1. The number of hydrogen-bond donors (Lipinski definition) is 1. The quantitative estimate of drug-likeness (QED) is 0.929. The molecule has 0 spiro atoms. The number of nitrogens with zero attached hydrogens (tertiary/aromatic N) is 1. The lowest BCUT2D eigenvalue weighted by molar-refractivity contribution is 0.679. The molecule has 0 amide bonds. The lowest BCUT2D eigenvalue weighted by Gasteiger charge is -2.05. The second-order valence-corrected chi connectivity index (χ2v) is 5.05. The summed E-state index contributed by atoms with van der Waals surface area (Å²) in [7, 11) is 0. The molecule has 4 heteroatoms. The molecule has 0 saturated heterocycles. The Morgan fingerprint density at radius 3 is 2.76 bits per heavy atom. The Labute approximate surface area is 114 Å². The van der Waals surface area contributed by atoms with Crippen LogP contribution in [0.2, 0.25) is 5.02 Å². The first-order valence-electron chi connectivity index (χ1n) is 5.29. The van der Waals surface area contributed by atoms with Gasteiger partial charge in [-0.15, -0.1) is 0 Å². The molecule has 1 aromatic heterocycles. The molecule has 17 heavy (non-hydrogen) atoms. The molecule has 0 unspecified atom stereocenters. The van der Waals surface area contributed by atoms with E-state index in [0.29, 0.717) is 0 Å². The van der Waals surface area contributed by atoms with Crippen molar-refractivity contribution in [1.82, 2.24) is 10.3 Å². The van der Waals surface area contributed by atoms with Crippen molar-refractivity contribution in [3.63, 3.8) is 0 Å². The number of rotatable bonds is 4. The predicted octanol–water partition coefficient (Wildman–Crippen LogP) is 3.79. The first-order chi connectivity index (χ1) is 8.24. The van der Waals surface area contributed by atoms with Gasteiger partial charge >= 0.3 is 0 Å². The SMILES string of the molecule is Clc1cccc(CNCc2ccc(Br)cn2)c1. The molecule has 0 aliphatic rings. The molecular formula is C13H12BrClN2. The summed E-state index contributed by atoms with van der Waals surface area (Å²) in [5, 5.41) is 4.10. The molecule has 2 nitrogen and oxygen atoms in total. The van der Waals surface area contributed by atoms with Crippen LogP contribution in [-0.4, -0.2) is 4.98 Å². The first-order valence-corrected chi connectivity index (χ1v) is 6.47. The van der Waals surface area contributed by atoms with Crippen LogP contribution in [0.15, 0.2) is 47.1 Å². The van der Waals surface area contributed by atoms with Crippen molar-refractivity contribution in [3.05, 3.63) is 63.3 Å². The second-order valence-electron chi connectivity index (χ2n) is 3.70. The molecular weight excluding hydrogens is 300 g/mol. The van der Waals surface area contributed by atoms with E-state index in [4.69, 9.17) is 11.6 Å². The van der Waals surface area contributed by atoms with Gasteiger partial charge in [0.15, 0.2) is 0 Å². The molecule has 0 aliphatic heterocycles. The summed E-state index contributed by atoms with van der Waals surface area (Å²) < 4.78 is 0.996. The highest BCUT2D eigenvalue weighted by molar-refractivity contribution is 9.10. The minimum absolute atomic E-state index is 0.750. The zero-order chi connectivity index (χ0) is 12.1. The highest BCUT2D eigenvalue weighted by Crippen LogP contribution is 2.11. The lowest BCUT2D eigenvalue weighted by atomic mass is 10.2. The van der Waals surface area contributed by atoms with Crippen LogP contribution in [0.1, 0.15) is 11.3 Å². The monoisotopic (exact) mass is 310 g/mol. The van der Waals surface area contributed by atoms with E-state index in [-0.39, 0.29) is 0 Å². The Kier molecular flexibility index (Phi) is 4.54. The van der Waals surface area contributed by atoms with Gasteiger partial charge in [0.1, 0.15) is 0 Å². The smallest absolute Gasteiger partial charge is 0.0542 e. The third-order valence-electron chi connectivity index (χ3n) is 2.31. The average Bonchev–Trinajstić information content (AvgIpc) is 2.32. The van der Waals surface area contributed by atoms with E-state index in [9.17, 15) is 0 Å². The van der Waals surface area contributed by atoms with Crippen LogP contribution in [0.5, 0.6) is 0 Å². The van der Waals surface area contributed by atoms with Crippen molar-refractivity contribution in [2.75, 3.05) is 0 Å². The Bertz CT molecular complexity index is 485. The lowest BCUT2D eigenvalue weighted by Crippen LogP contribution is -2.13. The highest BCUT2D eigenvalue weighted by atomic mass is 79.9. The summed E-state index contributed by atoms with van der Waals surface area (Å²) in [6.07, 6.45) is 1.80. The Hall–Kier alpha value is -0.900. The van der Waals surface area contributed by atoms with Gasteiger partial charge in [-0.3, -0.25) is 4.98 Å². The summed E-state index contributed by atoms with van der Waals surface area (Å²) in [5.41, 5.74) is 2.20. The van der Waals surface area contributed by atoms with E-state index in [2.05, 4.69) is 26.2 Å². The Balaban J connectivity index is 1.85. The average molecular weight is 312 g/mol. The van der Waals surface area contributed by atoms with Gasteiger partial charge in [-0.05, 0) is 45.8 Å². The maximum atomic E-state index is 5.91. The van der Waals surface area contributed by atoms with Crippen LogP contribution < -0.4 is 5.32 Å². The summed E-state index contributed by atoms with van der Waals surface area (Å²) in [4.78, 5) is 4.29. The zero-order valence-electron chi connectivity index (χ0n) is 9.16. The molecule has 1 heterocycles.